The molecule has 4 nitrogen and oxygen atoms in total. The zero-order chi connectivity index (χ0) is 15.9. The molecule has 1 aromatic carbocycles. The van der Waals surface area contributed by atoms with Crippen molar-refractivity contribution in [1.29, 1.82) is 0 Å². The summed E-state index contributed by atoms with van der Waals surface area (Å²) >= 11 is 2.20. The molecule has 0 saturated heterocycles. The summed E-state index contributed by atoms with van der Waals surface area (Å²) in [5.74, 6) is 2.77. The minimum atomic E-state index is 0.0918. The van der Waals surface area contributed by atoms with Crippen LogP contribution in [0.1, 0.15) is 36.0 Å². The molecule has 1 aromatic rings. The van der Waals surface area contributed by atoms with E-state index in [-0.39, 0.29) is 5.91 Å². The Morgan fingerprint density at radius 1 is 1.14 bits per heavy atom. The van der Waals surface area contributed by atoms with Crippen LogP contribution in [0.25, 0.3) is 0 Å². The maximum absolute atomic E-state index is 13.0. The topological polar surface area (TPSA) is 38.8 Å². The van der Waals surface area contributed by atoms with Gasteiger partial charge in [0.2, 0.25) is 0 Å². The number of carbonyl (C=O) groups excluding carboxylic acids is 1. The fourth-order valence-corrected chi connectivity index (χ4v) is 3.91. The standard InChI is InChI=1S/C17H22INO3/c1-19(16(10-4-5-10)11-6-7-11)17(20)12-8-14(21-2)15(22-3)9-13(12)18/h8-11,16H,4-7H2,1-3H3. The Bertz CT molecular complexity index is 570. The lowest BCUT2D eigenvalue weighted by atomic mass is 10.0. The van der Waals surface area contributed by atoms with E-state index < -0.39 is 0 Å². The average molecular weight is 415 g/mol. The number of carbonyl (C=O) groups is 1. The molecule has 0 unspecified atom stereocenters. The van der Waals surface area contributed by atoms with Crippen LogP contribution < -0.4 is 9.47 Å². The summed E-state index contributed by atoms with van der Waals surface area (Å²) in [6, 6.07) is 4.08. The number of benzene rings is 1. The number of rotatable bonds is 6. The van der Waals surface area contributed by atoms with Crippen LogP contribution in [-0.2, 0) is 0 Å². The van der Waals surface area contributed by atoms with E-state index in [1.165, 1.54) is 25.7 Å². The third-order valence-electron chi connectivity index (χ3n) is 4.68. The lowest BCUT2D eigenvalue weighted by Gasteiger charge is -2.29. The largest absolute Gasteiger partial charge is 0.493 e. The molecule has 5 heteroatoms. The van der Waals surface area contributed by atoms with Crippen LogP contribution in [-0.4, -0.2) is 38.1 Å². The molecule has 0 atom stereocenters. The molecule has 2 aliphatic carbocycles. The van der Waals surface area contributed by atoms with Gasteiger partial charge in [-0.1, -0.05) is 0 Å². The summed E-state index contributed by atoms with van der Waals surface area (Å²) in [5.41, 5.74) is 0.701. The van der Waals surface area contributed by atoms with E-state index in [4.69, 9.17) is 9.47 Å². The van der Waals surface area contributed by atoms with Gasteiger partial charge in [-0.25, -0.2) is 0 Å². The van der Waals surface area contributed by atoms with Crippen molar-refractivity contribution in [3.8, 4) is 11.5 Å². The van der Waals surface area contributed by atoms with Gasteiger partial charge in [-0.3, -0.25) is 4.79 Å². The number of methoxy groups -OCH3 is 2. The second kappa shape index (κ2) is 6.26. The normalized spacial score (nSPS) is 17.5. The first-order valence-corrected chi connectivity index (χ1v) is 8.83. The second-order valence-corrected chi connectivity index (χ2v) is 7.43. The molecule has 0 spiro atoms. The summed E-state index contributed by atoms with van der Waals surface area (Å²) in [6.07, 6.45) is 5.06. The van der Waals surface area contributed by atoms with Gasteiger partial charge in [0.1, 0.15) is 0 Å². The molecule has 0 N–H and O–H groups in total. The average Bonchev–Trinajstić information content (AvgIpc) is 3.40. The van der Waals surface area contributed by atoms with Gasteiger partial charge in [0.15, 0.2) is 11.5 Å². The molecule has 1 amide bonds. The first kappa shape index (κ1) is 15.9. The molecule has 0 heterocycles. The van der Waals surface area contributed by atoms with Crippen molar-refractivity contribution >= 4 is 28.5 Å². The monoisotopic (exact) mass is 415 g/mol. The Labute approximate surface area is 145 Å². The predicted octanol–water partition coefficient (Wildman–Crippen LogP) is 3.57. The van der Waals surface area contributed by atoms with E-state index in [9.17, 15) is 4.79 Å². The molecular weight excluding hydrogens is 393 g/mol. The minimum absolute atomic E-state index is 0.0918. The summed E-state index contributed by atoms with van der Waals surface area (Å²) in [5, 5.41) is 0. The molecular formula is C17H22INO3. The van der Waals surface area contributed by atoms with Gasteiger partial charge in [-0.05, 0) is 72.2 Å². The Kier molecular flexibility index (Phi) is 4.52. The predicted molar refractivity (Wildman–Crippen MR) is 93.6 cm³/mol. The zero-order valence-corrected chi connectivity index (χ0v) is 15.4. The fourth-order valence-electron chi connectivity index (χ4n) is 3.24. The number of halogens is 1. The molecule has 0 aliphatic heterocycles. The Morgan fingerprint density at radius 3 is 2.09 bits per heavy atom. The second-order valence-electron chi connectivity index (χ2n) is 6.27. The van der Waals surface area contributed by atoms with Gasteiger partial charge in [-0.2, -0.15) is 0 Å². The van der Waals surface area contributed by atoms with Crippen LogP contribution >= 0.6 is 22.6 Å². The molecule has 3 rings (SSSR count). The SMILES string of the molecule is COc1cc(I)c(C(=O)N(C)C(C2CC2)C2CC2)cc1OC. The summed E-state index contributed by atoms with van der Waals surface area (Å²) in [6.45, 7) is 0. The molecule has 2 fully saturated rings. The smallest absolute Gasteiger partial charge is 0.255 e. The van der Waals surface area contributed by atoms with E-state index in [0.717, 1.165) is 3.57 Å². The van der Waals surface area contributed by atoms with Gasteiger partial charge >= 0.3 is 0 Å². The molecule has 2 aliphatic rings. The molecule has 120 valence electrons. The fraction of sp³-hybridized carbons (Fsp3) is 0.588. The number of hydrogen-bond donors (Lipinski definition) is 0. The molecule has 2 saturated carbocycles. The van der Waals surface area contributed by atoms with Crippen molar-refractivity contribution in [1.82, 2.24) is 4.90 Å². The quantitative estimate of drug-likeness (QED) is 0.667. The highest BCUT2D eigenvalue weighted by Gasteiger charge is 2.45. The Morgan fingerprint density at radius 2 is 1.64 bits per heavy atom. The van der Waals surface area contributed by atoms with E-state index in [1.807, 2.05) is 18.0 Å². The van der Waals surface area contributed by atoms with Crippen LogP contribution in [0.4, 0.5) is 0 Å². The zero-order valence-electron chi connectivity index (χ0n) is 13.3. The van der Waals surface area contributed by atoms with Gasteiger partial charge in [-0.15, -0.1) is 0 Å². The summed E-state index contributed by atoms with van der Waals surface area (Å²) < 4.78 is 11.5. The molecule has 0 radical (unpaired) electrons. The maximum atomic E-state index is 13.0. The summed E-state index contributed by atoms with van der Waals surface area (Å²) in [7, 11) is 5.16. The molecule has 0 aromatic heterocycles. The van der Waals surface area contributed by atoms with Gasteiger partial charge in [0.25, 0.3) is 5.91 Å². The highest BCUT2D eigenvalue weighted by molar-refractivity contribution is 14.1. The first-order valence-electron chi connectivity index (χ1n) is 7.75. The van der Waals surface area contributed by atoms with Crippen LogP contribution in [0.3, 0.4) is 0 Å². The number of amides is 1. The van der Waals surface area contributed by atoms with Crippen molar-refractivity contribution in [2.45, 2.75) is 31.7 Å². The number of ether oxygens (including phenoxy) is 2. The van der Waals surface area contributed by atoms with Crippen molar-refractivity contribution in [3.63, 3.8) is 0 Å². The van der Waals surface area contributed by atoms with E-state index in [2.05, 4.69) is 22.6 Å². The Balaban J connectivity index is 1.87. The van der Waals surface area contributed by atoms with Crippen molar-refractivity contribution < 1.29 is 14.3 Å². The molecule has 0 bridgehead atoms. The number of nitrogens with zero attached hydrogens (tertiary/aromatic N) is 1. The lowest BCUT2D eigenvalue weighted by molar-refractivity contribution is 0.0688. The third-order valence-corrected chi connectivity index (χ3v) is 5.57. The number of hydrogen-bond acceptors (Lipinski definition) is 3. The Hall–Kier alpha value is -0.980. The van der Waals surface area contributed by atoms with Gasteiger partial charge < -0.3 is 14.4 Å². The van der Waals surface area contributed by atoms with E-state index in [0.29, 0.717) is 34.9 Å². The van der Waals surface area contributed by atoms with E-state index in [1.54, 1.807) is 20.3 Å². The van der Waals surface area contributed by atoms with Crippen molar-refractivity contribution in [3.05, 3.63) is 21.3 Å². The third kappa shape index (κ3) is 3.05. The molecule has 22 heavy (non-hydrogen) atoms. The minimum Gasteiger partial charge on any atom is -0.493 e. The van der Waals surface area contributed by atoms with Crippen LogP contribution in [0.2, 0.25) is 0 Å². The van der Waals surface area contributed by atoms with Crippen LogP contribution in [0, 0.1) is 15.4 Å². The lowest BCUT2D eigenvalue weighted by Crippen LogP contribution is -2.40. The first-order chi connectivity index (χ1) is 10.6. The van der Waals surface area contributed by atoms with Gasteiger partial charge in [0.05, 0.1) is 19.8 Å². The van der Waals surface area contributed by atoms with Crippen LogP contribution in [0.15, 0.2) is 12.1 Å². The van der Waals surface area contributed by atoms with Gasteiger partial charge in [0, 0.05) is 16.7 Å². The maximum Gasteiger partial charge on any atom is 0.255 e. The summed E-state index contributed by atoms with van der Waals surface area (Å²) in [4.78, 5) is 14.9. The van der Waals surface area contributed by atoms with Crippen molar-refractivity contribution in [2.75, 3.05) is 21.3 Å². The van der Waals surface area contributed by atoms with Crippen molar-refractivity contribution in [2.24, 2.45) is 11.8 Å². The highest BCUT2D eigenvalue weighted by Crippen LogP contribution is 2.47. The highest BCUT2D eigenvalue weighted by atomic mass is 127. The van der Waals surface area contributed by atoms with E-state index >= 15 is 0 Å². The van der Waals surface area contributed by atoms with Crippen LogP contribution in [0.5, 0.6) is 11.5 Å².